The molecule has 2 aromatic carbocycles. The molecule has 0 aliphatic rings. The first kappa shape index (κ1) is 22.5. The molecule has 0 fully saturated rings. The number of carbonyl (C=O) groups excluding carboxylic acids is 2. The van der Waals surface area contributed by atoms with Crippen molar-refractivity contribution in [2.75, 3.05) is 10.6 Å². The van der Waals surface area contributed by atoms with Crippen LogP contribution in [-0.4, -0.2) is 32.5 Å². The van der Waals surface area contributed by atoms with E-state index in [1.807, 2.05) is 53.9 Å². The molecular formula is C24H25N5O3S. The Labute approximate surface area is 195 Å². The van der Waals surface area contributed by atoms with Crippen LogP contribution in [0.2, 0.25) is 0 Å². The Balaban J connectivity index is 1.44. The van der Waals surface area contributed by atoms with E-state index in [4.69, 9.17) is 4.74 Å². The van der Waals surface area contributed by atoms with E-state index in [0.717, 1.165) is 16.9 Å². The third-order valence-corrected chi connectivity index (χ3v) is 5.86. The smallest absolute Gasteiger partial charge is 0.267 e. The number of nitrogens with one attached hydrogen (secondary N) is 2. The summed E-state index contributed by atoms with van der Waals surface area (Å²) in [6.07, 6.45) is -0.711. The second kappa shape index (κ2) is 9.41. The number of hydrogen-bond donors (Lipinski definition) is 2. The molecule has 170 valence electrons. The fraction of sp³-hybridized carbons (Fsp3) is 0.250. The molecule has 2 heterocycles. The summed E-state index contributed by atoms with van der Waals surface area (Å²) in [5.41, 5.74) is 3.69. The molecule has 4 rings (SSSR count). The SMILES string of the molecule is CC(=O)Nc1ccc(-c2csc3nc(NC(=O)C(C)Oc4ccc(C(C)C)cc4)nn23)cc1. The lowest BCUT2D eigenvalue weighted by molar-refractivity contribution is -0.122. The standard InChI is InChI=1S/C24H25N5O3S/c1-14(2)17-7-11-20(12-8-17)32-15(3)22(31)26-23-27-24-29(28-23)21(13-33-24)18-5-9-19(10-6-18)25-16(4)30/h5-15H,1-4H3,(H,25,30)(H,26,28,31). The Morgan fingerprint density at radius 1 is 1.00 bits per heavy atom. The number of carbonyl (C=O) groups is 2. The lowest BCUT2D eigenvalue weighted by Gasteiger charge is -2.14. The Morgan fingerprint density at radius 2 is 1.70 bits per heavy atom. The molecule has 0 aliphatic carbocycles. The lowest BCUT2D eigenvalue weighted by Crippen LogP contribution is -2.30. The van der Waals surface area contributed by atoms with Gasteiger partial charge >= 0.3 is 0 Å². The predicted octanol–water partition coefficient (Wildman–Crippen LogP) is 4.95. The molecule has 0 saturated heterocycles. The van der Waals surface area contributed by atoms with Gasteiger partial charge in [-0.05, 0) is 42.7 Å². The van der Waals surface area contributed by atoms with Crippen molar-refractivity contribution in [3.05, 3.63) is 59.5 Å². The zero-order valence-electron chi connectivity index (χ0n) is 18.8. The molecule has 1 unspecified atom stereocenters. The summed E-state index contributed by atoms with van der Waals surface area (Å²) in [5, 5.41) is 11.9. The van der Waals surface area contributed by atoms with E-state index >= 15 is 0 Å². The first-order valence-corrected chi connectivity index (χ1v) is 11.5. The number of anilines is 2. The molecule has 0 saturated carbocycles. The molecule has 1 atom stereocenters. The fourth-order valence-corrected chi connectivity index (χ4v) is 4.09. The van der Waals surface area contributed by atoms with Crippen molar-refractivity contribution in [3.8, 4) is 17.0 Å². The summed E-state index contributed by atoms with van der Waals surface area (Å²) < 4.78 is 7.45. The number of fused-ring (bicyclic) bond motifs is 1. The topological polar surface area (TPSA) is 97.6 Å². The van der Waals surface area contributed by atoms with Crippen LogP contribution in [0.1, 0.15) is 39.2 Å². The molecule has 0 bridgehead atoms. The van der Waals surface area contributed by atoms with Gasteiger partial charge < -0.3 is 10.1 Å². The summed E-state index contributed by atoms with van der Waals surface area (Å²) in [4.78, 5) is 28.9. The van der Waals surface area contributed by atoms with Crippen molar-refractivity contribution < 1.29 is 14.3 Å². The maximum absolute atomic E-state index is 12.6. The molecule has 9 heteroatoms. The summed E-state index contributed by atoms with van der Waals surface area (Å²) in [6.45, 7) is 7.41. The number of rotatable bonds is 7. The van der Waals surface area contributed by atoms with Gasteiger partial charge in [-0.15, -0.1) is 16.4 Å². The highest BCUT2D eigenvalue weighted by Crippen LogP contribution is 2.27. The maximum atomic E-state index is 12.6. The number of hydrogen-bond acceptors (Lipinski definition) is 6. The minimum atomic E-state index is -0.711. The van der Waals surface area contributed by atoms with Crippen LogP contribution in [0.5, 0.6) is 5.75 Å². The average molecular weight is 464 g/mol. The Kier molecular flexibility index (Phi) is 6.41. The molecule has 0 radical (unpaired) electrons. The van der Waals surface area contributed by atoms with Gasteiger partial charge in [0.2, 0.25) is 10.9 Å². The second-order valence-electron chi connectivity index (χ2n) is 7.98. The second-order valence-corrected chi connectivity index (χ2v) is 8.82. The van der Waals surface area contributed by atoms with Crippen molar-refractivity contribution in [1.29, 1.82) is 0 Å². The maximum Gasteiger partial charge on any atom is 0.267 e. The number of thiazole rings is 1. The highest BCUT2D eigenvalue weighted by atomic mass is 32.1. The van der Waals surface area contributed by atoms with Crippen molar-refractivity contribution in [2.24, 2.45) is 0 Å². The van der Waals surface area contributed by atoms with Crippen molar-refractivity contribution in [3.63, 3.8) is 0 Å². The molecule has 8 nitrogen and oxygen atoms in total. The highest BCUT2D eigenvalue weighted by Gasteiger charge is 2.19. The minimum absolute atomic E-state index is 0.122. The normalized spacial score (nSPS) is 12.0. The van der Waals surface area contributed by atoms with E-state index in [1.165, 1.54) is 23.8 Å². The number of benzene rings is 2. The number of amides is 2. The summed E-state index contributed by atoms with van der Waals surface area (Å²) >= 11 is 1.42. The van der Waals surface area contributed by atoms with E-state index in [-0.39, 0.29) is 17.8 Å². The van der Waals surface area contributed by atoms with Crippen molar-refractivity contribution in [2.45, 2.75) is 39.7 Å². The molecule has 2 N–H and O–H groups in total. The van der Waals surface area contributed by atoms with Gasteiger partial charge in [0.25, 0.3) is 11.9 Å². The van der Waals surface area contributed by atoms with E-state index in [1.54, 1.807) is 11.4 Å². The van der Waals surface area contributed by atoms with Gasteiger partial charge in [0, 0.05) is 23.6 Å². The van der Waals surface area contributed by atoms with Crippen LogP contribution in [0.4, 0.5) is 11.6 Å². The van der Waals surface area contributed by atoms with Crippen LogP contribution in [0.15, 0.2) is 53.9 Å². The van der Waals surface area contributed by atoms with Gasteiger partial charge in [-0.3, -0.25) is 14.9 Å². The van der Waals surface area contributed by atoms with Crippen molar-refractivity contribution in [1.82, 2.24) is 14.6 Å². The summed E-state index contributed by atoms with van der Waals surface area (Å²) in [5.74, 6) is 0.825. The van der Waals surface area contributed by atoms with E-state index in [9.17, 15) is 9.59 Å². The van der Waals surface area contributed by atoms with Gasteiger partial charge in [-0.2, -0.15) is 4.98 Å². The third kappa shape index (κ3) is 5.20. The molecule has 2 amide bonds. The van der Waals surface area contributed by atoms with Crippen LogP contribution in [0.3, 0.4) is 0 Å². The van der Waals surface area contributed by atoms with Gasteiger partial charge in [0.15, 0.2) is 6.10 Å². The van der Waals surface area contributed by atoms with E-state index in [0.29, 0.717) is 16.6 Å². The van der Waals surface area contributed by atoms with Crippen LogP contribution in [-0.2, 0) is 9.59 Å². The average Bonchev–Trinajstić information content (AvgIpc) is 3.34. The number of nitrogens with zero attached hydrogens (tertiary/aromatic N) is 3. The van der Waals surface area contributed by atoms with E-state index < -0.39 is 6.10 Å². The van der Waals surface area contributed by atoms with Crippen LogP contribution < -0.4 is 15.4 Å². The molecule has 4 aromatic rings. The molecule has 33 heavy (non-hydrogen) atoms. The Morgan fingerprint density at radius 3 is 2.33 bits per heavy atom. The quantitative estimate of drug-likeness (QED) is 0.404. The van der Waals surface area contributed by atoms with Gasteiger partial charge in [-0.25, -0.2) is 4.52 Å². The zero-order valence-corrected chi connectivity index (χ0v) is 19.6. The highest BCUT2D eigenvalue weighted by molar-refractivity contribution is 7.15. The monoisotopic (exact) mass is 463 g/mol. The lowest BCUT2D eigenvalue weighted by atomic mass is 10.0. The minimum Gasteiger partial charge on any atom is -0.481 e. The Hall–Kier alpha value is -3.72. The first-order chi connectivity index (χ1) is 15.8. The van der Waals surface area contributed by atoms with E-state index in [2.05, 4.69) is 34.6 Å². The molecular weight excluding hydrogens is 438 g/mol. The summed E-state index contributed by atoms with van der Waals surface area (Å²) in [7, 11) is 0. The summed E-state index contributed by atoms with van der Waals surface area (Å²) in [6, 6.07) is 15.2. The zero-order chi connectivity index (χ0) is 23.5. The third-order valence-electron chi connectivity index (χ3n) is 5.05. The molecule has 2 aromatic heterocycles. The fourth-order valence-electron chi connectivity index (χ4n) is 3.26. The van der Waals surface area contributed by atoms with Crippen LogP contribution in [0, 0.1) is 0 Å². The number of aromatic nitrogens is 3. The van der Waals surface area contributed by atoms with Gasteiger partial charge in [0.05, 0.1) is 5.69 Å². The van der Waals surface area contributed by atoms with Gasteiger partial charge in [-0.1, -0.05) is 38.1 Å². The first-order valence-electron chi connectivity index (χ1n) is 10.6. The van der Waals surface area contributed by atoms with Crippen molar-refractivity contribution >= 4 is 39.7 Å². The van der Waals surface area contributed by atoms with Crippen LogP contribution >= 0.6 is 11.3 Å². The molecule has 0 spiro atoms. The largest absolute Gasteiger partial charge is 0.481 e. The Bertz CT molecular complexity index is 1280. The number of ether oxygens (including phenoxy) is 1. The van der Waals surface area contributed by atoms with Crippen LogP contribution in [0.25, 0.3) is 16.2 Å². The predicted molar refractivity (Wildman–Crippen MR) is 130 cm³/mol. The van der Waals surface area contributed by atoms with Gasteiger partial charge in [0.1, 0.15) is 5.75 Å². The molecule has 0 aliphatic heterocycles.